The molecule has 0 aliphatic carbocycles. The van der Waals surface area contributed by atoms with Gasteiger partial charge in [-0.3, -0.25) is 9.71 Å². The zero-order chi connectivity index (χ0) is 29.7. The van der Waals surface area contributed by atoms with Crippen molar-refractivity contribution in [3.63, 3.8) is 0 Å². The predicted molar refractivity (Wildman–Crippen MR) is 156 cm³/mol. The number of rotatable bonds is 11. The molecule has 1 aliphatic rings. The van der Waals surface area contributed by atoms with Crippen LogP contribution in [0.1, 0.15) is 6.42 Å². The van der Waals surface area contributed by atoms with Crippen LogP contribution in [-0.2, 0) is 10.0 Å². The van der Waals surface area contributed by atoms with Crippen molar-refractivity contribution >= 4 is 26.6 Å². The second kappa shape index (κ2) is 12.9. The summed E-state index contributed by atoms with van der Waals surface area (Å²) in [5.74, 6) is -0.0609. The van der Waals surface area contributed by atoms with Crippen LogP contribution in [0.25, 0.3) is 10.9 Å². The number of benzene rings is 3. The number of methoxy groups -OCH3 is 1. The number of anilines is 1. The highest BCUT2D eigenvalue weighted by Gasteiger charge is 2.21. The monoisotopic (exact) mass is 598 g/mol. The Labute approximate surface area is 243 Å². The smallest absolute Gasteiger partial charge is 0.264 e. The van der Waals surface area contributed by atoms with E-state index < -0.39 is 26.6 Å². The molecule has 1 saturated heterocycles. The van der Waals surface area contributed by atoms with E-state index in [1.54, 1.807) is 43.6 Å². The highest BCUT2D eigenvalue weighted by atomic mass is 32.2. The van der Waals surface area contributed by atoms with Gasteiger partial charge < -0.3 is 24.0 Å². The van der Waals surface area contributed by atoms with Gasteiger partial charge in [0.2, 0.25) is 0 Å². The number of halogens is 2. The molecule has 3 aromatic carbocycles. The fourth-order valence-electron chi connectivity index (χ4n) is 4.67. The van der Waals surface area contributed by atoms with Crippen molar-refractivity contribution in [3.05, 3.63) is 78.5 Å². The van der Waals surface area contributed by atoms with Crippen LogP contribution >= 0.6 is 0 Å². The summed E-state index contributed by atoms with van der Waals surface area (Å²) in [4.78, 5) is 8.43. The summed E-state index contributed by atoms with van der Waals surface area (Å²) in [5, 5.41) is 0.659. The summed E-state index contributed by atoms with van der Waals surface area (Å²) in [6.07, 6.45) is 2.48. The maximum absolute atomic E-state index is 14.1. The second-order valence-corrected chi connectivity index (χ2v) is 11.6. The van der Waals surface area contributed by atoms with Gasteiger partial charge in [-0.05, 0) is 55.9 Å². The Morgan fingerprint density at radius 1 is 0.952 bits per heavy atom. The van der Waals surface area contributed by atoms with E-state index in [1.165, 1.54) is 12.1 Å². The average Bonchev–Trinajstić information content (AvgIpc) is 2.97. The van der Waals surface area contributed by atoms with Crippen LogP contribution in [0.2, 0.25) is 0 Å². The summed E-state index contributed by atoms with van der Waals surface area (Å²) >= 11 is 0. The lowest BCUT2D eigenvalue weighted by Crippen LogP contribution is -2.44. The van der Waals surface area contributed by atoms with E-state index >= 15 is 0 Å². The minimum absolute atomic E-state index is 0.111. The Bertz CT molecular complexity index is 1660. The molecular weight excluding hydrogens is 566 g/mol. The largest absolute Gasteiger partial charge is 0.493 e. The first-order chi connectivity index (χ1) is 20.2. The van der Waals surface area contributed by atoms with Crippen LogP contribution in [0.4, 0.5) is 14.5 Å². The number of piperazine rings is 1. The maximum Gasteiger partial charge on any atom is 0.264 e. The van der Waals surface area contributed by atoms with Gasteiger partial charge in [-0.15, -0.1) is 0 Å². The van der Waals surface area contributed by atoms with Gasteiger partial charge in [0.25, 0.3) is 10.0 Å². The number of ether oxygens (including phenoxy) is 3. The molecular formula is C30H32F2N4O5S. The van der Waals surface area contributed by atoms with Crippen LogP contribution in [0, 0.1) is 11.6 Å². The Morgan fingerprint density at radius 3 is 2.55 bits per heavy atom. The third-order valence-corrected chi connectivity index (χ3v) is 8.35. The van der Waals surface area contributed by atoms with Crippen molar-refractivity contribution < 1.29 is 31.4 Å². The average molecular weight is 599 g/mol. The molecule has 0 radical (unpaired) electrons. The van der Waals surface area contributed by atoms with Gasteiger partial charge in [0, 0.05) is 56.4 Å². The quantitative estimate of drug-likeness (QED) is 0.238. The lowest BCUT2D eigenvalue weighted by molar-refractivity contribution is 0.145. The fraction of sp³-hybridized carbons (Fsp3) is 0.300. The van der Waals surface area contributed by atoms with Crippen LogP contribution in [0.3, 0.4) is 0 Å². The maximum atomic E-state index is 14.1. The number of nitrogens with zero attached hydrogens (tertiary/aromatic N) is 3. The molecule has 0 atom stereocenters. The van der Waals surface area contributed by atoms with E-state index in [4.69, 9.17) is 14.2 Å². The van der Waals surface area contributed by atoms with Gasteiger partial charge >= 0.3 is 0 Å². The normalized spacial score (nSPS) is 14.6. The molecule has 0 amide bonds. The zero-order valence-electron chi connectivity index (χ0n) is 23.3. The first-order valence-electron chi connectivity index (χ1n) is 13.5. The molecule has 9 nitrogen and oxygen atoms in total. The molecule has 0 saturated carbocycles. The molecule has 222 valence electrons. The summed E-state index contributed by atoms with van der Waals surface area (Å²) in [6, 6.07) is 13.6. The molecule has 12 heteroatoms. The molecule has 1 fully saturated rings. The molecule has 2 heterocycles. The van der Waals surface area contributed by atoms with Crippen molar-refractivity contribution in [2.24, 2.45) is 0 Å². The first kappa shape index (κ1) is 29.5. The molecule has 42 heavy (non-hydrogen) atoms. The topological polar surface area (TPSA) is 93.2 Å². The van der Waals surface area contributed by atoms with E-state index in [9.17, 15) is 17.2 Å². The minimum Gasteiger partial charge on any atom is -0.493 e. The number of hydrogen-bond acceptors (Lipinski definition) is 8. The van der Waals surface area contributed by atoms with Crippen molar-refractivity contribution in [1.29, 1.82) is 0 Å². The zero-order valence-corrected chi connectivity index (χ0v) is 24.2. The van der Waals surface area contributed by atoms with Gasteiger partial charge in [-0.25, -0.2) is 17.2 Å². The van der Waals surface area contributed by atoms with E-state index in [0.29, 0.717) is 46.6 Å². The van der Waals surface area contributed by atoms with Crippen LogP contribution in [0.15, 0.2) is 71.8 Å². The van der Waals surface area contributed by atoms with E-state index in [-0.39, 0.29) is 5.69 Å². The van der Waals surface area contributed by atoms with E-state index in [1.807, 2.05) is 0 Å². The first-order valence-corrected chi connectivity index (χ1v) is 15.0. The van der Waals surface area contributed by atoms with Crippen LogP contribution < -0.4 is 18.9 Å². The SMILES string of the molecule is COc1cc2c(Oc3cccc(NS(=O)(=O)c4cc(F)ccc4F)c3)ccnc2cc1OCCCN1CCN(C)CC1. The van der Waals surface area contributed by atoms with Crippen molar-refractivity contribution in [1.82, 2.24) is 14.8 Å². The molecule has 4 aromatic rings. The molecule has 1 aliphatic heterocycles. The lowest BCUT2D eigenvalue weighted by atomic mass is 10.1. The van der Waals surface area contributed by atoms with Crippen LogP contribution in [0.5, 0.6) is 23.0 Å². The van der Waals surface area contributed by atoms with Gasteiger partial charge in [0.05, 0.1) is 24.9 Å². The van der Waals surface area contributed by atoms with Gasteiger partial charge in [0.15, 0.2) is 11.5 Å². The minimum atomic E-state index is -4.39. The van der Waals surface area contributed by atoms with Crippen LogP contribution in [-0.4, -0.2) is 76.7 Å². The highest BCUT2D eigenvalue weighted by Crippen LogP contribution is 2.37. The number of hydrogen-bond donors (Lipinski definition) is 1. The predicted octanol–water partition coefficient (Wildman–Crippen LogP) is 5.13. The Balaban J connectivity index is 1.29. The van der Waals surface area contributed by atoms with E-state index in [0.717, 1.165) is 51.3 Å². The fourth-order valence-corrected chi connectivity index (χ4v) is 5.81. The number of likely N-dealkylation sites (N-methyl/N-ethyl adjacent to an activating group) is 1. The molecule has 0 spiro atoms. The van der Waals surface area contributed by atoms with Crippen molar-refractivity contribution in [2.75, 3.05) is 58.2 Å². The lowest BCUT2D eigenvalue weighted by Gasteiger charge is -2.32. The summed E-state index contributed by atoms with van der Waals surface area (Å²) in [7, 11) is -0.690. The summed E-state index contributed by atoms with van der Waals surface area (Å²) in [6.45, 7) is 5.76. The summed E-state index contributed by atoms with van der Waals surface area (Å²) in [5.41, 5.74) is 0.736. The third kappa shape index (κ3) is 7.07. The molecule has 0 bridgehead atoms. The third-order valence-electron chi connectivity index (χ3n) is 6.96. The number of aromatic nitrogens is 1. The van der Waals surface area contributed by atoms with Gasteiger partial charge in [0.1, 0.15) is 28.0 Å². The molecule has 5 rings (SSSR count). The van der Waals surface area contributed by atoms with Crippen molar-refractivity contribution in [3.8, 4) is 23.0 Å². The Hall–Kier alpha value is -4.00. The summed E-state index contributed by atoms with van der Waals surface area (Å²) < 4.78 is 73.1. The van der Waals surface area contributed by atoms with Gasteiger partial charge in [-0.1, -0.05) is 6.07 Å². The number of nitrogens with one attached hydrogen (secondary N) is 1. The number of fused-ring (bicyclic) bond motifs is 1. The van der Waals surface area contributed by atoms with E-state index in [2.05, 4.69) is 26.6 Å². The van der Waals surface area contributed by atoms with Gasteiger partial charge in [-0.2, -0.15) is 0 Å². The Morgan fingerprint density at radius 2 is 1.76 bits per heavy atom. The number of sulfonamides is 1. The number of pyridine rings is 1. The van der Waals surface area contributed by atoms with Crippen molar-refractivity contribution in [2.45, 2.75) is 11.3 Å². The molecule has 0 unspecified atom stereocenters. The Kier molecular flexibility index (Phi) is 9.05. The molecule has 1 aromatic heterocycles. The standard InChI is InChI=1S/C30H32F2N4O5S/c1-35-12-14-36(15-13-35)11-4-16-40-29-20-26-24(19-28(29)39-2)27(9-10-33-26)41-23-6-3-5-22(18-23)34-42(37,38)30-17-21(31)7-8-25(30)32/h3,5-10,17-20,34H,4,11-16H2,1-2H3. The highest BCUT2D eigenvalue weighted by molar-refractivity contribution is 7.92. The second-order valence-electron chi connectivity index (χ2n) is 9.99. The molecule has 1 N–H and O–H groups in total.